The molecule has 1 saturated heterocycles. The number of carbonyl (C=O) groups is 1. The van der Waals surface area contributed by atoms with Gasteiger partial charge in [-0.15, -0.1) is 0 Å². The lowest BCUT2D eigenvalue weighted by molar-refractivity contribution is -0.114. The first-order valence-corrected chi connectivity index (χ1v) is 10.1. The monoisotopic (exact) mass is 426 g/mol. The Kier molecular flexibility index (Phi) is 5.90. The van der Waals surface area contributed by atoms with E-state index in [0.717, 1.165) is 16.5 Å². The molecule has 4 rings (SSSR count). The molecule has 164 valence electrons. The molecule has 3 aromatic rings. The van der Waals surface area contributed by atoms with Crippen molar-refractivity contribution in [2.45, 2.75) is 18.9 Å². The van der Waals surface area contributed by atoms with Gasteiger partial charge in [0.2, 0.25) is 5.91 Å². The number of aromatic nitrogens is 3. The van der Waals surface area contributed by atoms with Crippen LogP contribution in [-0.2, 0) is 26.9 Å². The number of carbonyl (C=O) groups excluding carboxylic acids is 1. The van der Waals surface area contributed by atoms with Crippen molar-refractivity contribution in [1.82, 2.24) is 14.5 Å². The molecule has 1 aliphatic heterocycles. The van der Waals surface area contributed by atoms with Gasteiger partial charge in [-0.1, -0.05) is 0 Å². The first-order valence-electron chi connectivity index (χ1n) is 10.1. The first kappa shape index (κ1) is 21.2. The average molecular weight is 426 g/mol. The fraction of sp³-hybridized carbons (Fsp3) is 0.409. The topological polar surface area (TPSA) is 108 Å². The average Bonchev–Trinajstić information content (AvgIpc) is 3.37. The van der Waals surface area contributed by atoms with Crippen LogP contribution in [0.2, 0.25) is 0 Å². The number of nitrogens with one attached hydrogen (secondary N) is 1. The molecule has 9 heteroatoms. The number of ether oxygens (including phenoxy) is 3. The molecule has 0 unspecified atom stereocenters. The number of nitrogens with zero attached hydrogens (tertiary/aromatic N) is 3. The van der Waals surface area contributed by atoms with Crippen molar-refractivity contribution in [3.8, 4) is 17.0 Å². The molecule has 4 heterocycles. The number of aliphatic hydroxyl groups is 1. The molecular weight excluding hydrogens is 400 g/mol. The zero-order valence-corrected chi connectivity index (χ0v) is 17.8. The van der Waals surface area contributed by atoms with Crippen LogP contribution in [0.3, 0.4) is 0 Å². The first-order chi connectivity index (χ1) is 15.0. The van der Waals surface area contributed by atoms with Crippen molar-refractivity contribution >= 4 is 22.6 Å². The van der Waals surface area contributed by atoms with Crippen LogP contribution in [0.15, 0.2) is 30.6 Å². The van der Waals surface area contributed by atoms with Gasteiger partial charge in [-0.3, -0.25) is 4.79 Å². The molecule has 0 spiro atoms. The predicted octanol–water partition coefficient (Wildman–Crippen LogP) is 2.23. The Balaban J connectivity index is 1.87. The number of amides is 1. The van der Waals surface area contributed by atoms with Gasteiger partial charge in [0.05, 0.1) is 36.3 Å². The highest BCUT2D eigenvalue weighted by Gasteiger charge is 2.39. The third-order valence-corrected chi connectivity index (χ3v) is 5.46. The molecule has 1 atom stereocenters. The quantitative estimate of drug-likeness (QED) is 0.596. The number of hydrogen-bond acceptors (Lipinski definition) is 7. The summed E-state index contributed by atoms with van der Waals surface area (Å²) in [5, 5.41) is 12.8. The van der Waals surface area contributed by atoms with Crippen LogP contribution in [0, 0.1) is 0 Å². The summed E-state index contributed by atoms with van der Waals surface area (Å²) in [6.45, 7) is 2.52. The second-order valence-electron chi connectivity index (χ2n) is 7.57. The summed E-state index contributed by atoms with van der Waals surface area (Å²) in [4.78, 5) is 20.7. The van der Waals surface area contributed by atoms with Crippen LogP contribution >= 0.6 is 0 Å². The number of methoxy groups -OCH3 is 1. The summed E-state index contributed by atoms with van der Waals surface area (Å²) in [6.07, 6.45) is 4.38. The lowest BCUT2D eigenvalue weighted by atomic mass is 9.96. The molecule has 0 bridgehead atoms. The lowest BCUT2D eigenvalue weighted by Crippen LogP contribution is -2.30. The number of aliphatic hydroxyl groups excluding tert-OH is 1. The second kappa shape index (κ2) is 8.62. The summed E-state index contributed by atoms with van der Waals surface area (Å²) in [5.74, 6) is 0.871. The minimum atomic E-state index is -0.652. The predicted molar refractivity (Wildman–Crippen MR) is 115 cm³/mol. The number of hydrogen-bond donors (Lipinski definition) is 2. The van der Waals surface area contributed by atoms with Gasteiger partial charge in [0.1, 0.15) is 23.8 Å². The van der Waals surface area contributed by atoms with E-state index in [2.05, 4.69) is 10.3 Å². The van der Waals surface area contributed by atoms with Gasteiger partial charge in [-0.25, -0.2) is 9.97 Å². The number of fused-ring (bicyclic) bond motifs is 1. The third-order valence-electron chi connectivity index (χ3n) is 5.46. The Hall–Kier alpha value is -3.01. The van der Waals surface area contributed by atoms with E-state index >= 15 is 0 Å². The largest absolute Gasteiger partial charge is 0.491 e. The molecule has 0 aliphatic carbocycles. The number of rotatable bonds is 7. The molecule has 2 N–H and O–H groups in total. The fourth-order valence-corrected chi connectivity index (χ4v) is 3.87. The minimum absolute atomic E-state index is 0.0917. The molecule has 1 amide bonds. The van der Waals surface area contributed by atoms with Crippen LogP contribution in [0.25, 0.3) is 22.2 Å². The molecule has 9 nitrogen and oxygen atoms in total. The summed E-state index contributed by atoms with van der Waals surface area (Å²) in [7, 11) is 3.58. The van der Waals surface area contributed by atoms with Gasteiger partial charge in [0, 0.05) is 63.4 Å². The van der Waals surface area contributed by atoms with Crippen molar-refractivity contribution in [3.05, 3.63) is 36.3 Å². The highest BCUT2D eigenvalue weighted by molar-refractivity contribution is 5.98. The van der Waals surface area contributed by atoms with Gasteiger partial charge < -0.3 is 29.2 Å². The van der Waals surface area contributed by atoms with E-state index < -0.39 is 5.60 Å². The Morgan fingerprint density at radius 3 is 2.90 bits per heavy atom. The molecule has 1 aliphatic rings. The van der Waals surface area contributed by atoms with Crippen molar-refractivity contribution in [3.63, 3.8) is 0 Å². The number of pyridine rings is 2. The normalized spacial score (nSPS) is 18.5. The van der Waals surface area contributed by atoms with Crippen LogP contribution in [-0.4, -0.2) is 59.1 Å². The third kappa shape index (κ3) is 4.12. The minimum Gasteiger partial charge on any atom is -0.491 e. The maximum absolute atomic E-state index is 11.5. The van der Waals surface area contributed by atoms with E-state index in [0.29, 0.717) is 42.6 Å². The van der Waals surface area contributed by atoms with Crippen LogP contribution in [0.1, 0.15) is 19.0 Å². The standard InChI is InChI=1S/C22H26N4O5/c1-14(28)24-21-10-16-17(12-26(2)19(16)11-23-21)18-8-15(31-7-5-27)9-20(25-18)22(29-3)4-6-30-13-22/h8-12,27H,4-7,13H2,1-3H3,(H,23,24,28)/t22-/m0/s1. The SMILES string of the molecule is CO[C@@]1(c2cc(OCCO)cc(-c3cn(C)c4cnc(NC(C)=O)cc34)n2)CCOC1. The molecule has 0 radical (unpaired) electrons. The summed E-state index contributed by atoms with van der Waals surface area (Å²) in [6, 6.07) is 5.51. The smallest absolute Gasteiger partial charge is 0.222 e. The van der Waals surface area contributed by atoms with Crippen molar-refractivity contribution in [2.24, 2.45) is 7.05 Å². The number of anilines is 1. The van der Waals surface area contributed by atoms with E-state index in [4.69, 9.17) is 19.2 Å². The summed E-state index contributed by atoms with van der Waals surface area (Å²) in [5.41, 5.74) is 2.53. The Morgan fingerprint density at radius 2 is 2.23 bits per heavy atom. The Labute approximate surface area is 180 Å². The fourth-order valence-electron chi connectivity index (χ4n) is 3.87. The van der Waals surface area contributed by atoms with Gasteiger partial charge >= 0.3 is 0 Å². The highest BCUT2D eigenvalue weighted by Crippen LogP contribution is 2.38. The van der Waals surface area contributed by atoms with Gasteiger partial charge in [-0.2, -0.15) is 0 Å². The van der Waals surface area contributed by atoms with Crippen molar-refractivity contribution in [2.75, 3.05) is 38.9 Å². The zero-order valence-electron chi connectivity index (χ0n) is 17.8. The van der Waals surface area contributed by atoms with Gasteiger partial charge in [0.15, 0.2) is 0 Å². The van der Waals surface area contributed by atoms with E-state index in [1.54, 1.807) is 13.3 Å². The highest BCUT2D eigenvalue weighted by atomic mass is 16.5. The lowest BCUT2D eigenvalue weighted by Gasteiger charge is -2.26. The van der Waals surface area contributed by atoms with E-state index in [-0.39, 0.29) is 19.1 Å². The molecular formula is C22H26N4O5. The Morgan fingerprint density at radius 1 is 1.39 bits per heavy atom. The van der Waals surface area contributed by atoms with Crippen LogP contribution in [0.4, 0.5) is 5.82 Å². The van der Waals surface area contributed by atoms with Crippen molar-refractivity contribution in [1.29, 1.82) is 0 Å². The van der Waals surface area contributed by atoms with Gasteiger partial charge in [0.25, 0.3) is 0 Å². The molecule has 0 aromatic carbocycles. The molecule has 31 heavy (non-hydrogen) atoms. The molecule has 0 saturated carbocycles. The van der Waals surface area contributed by atoms with Crippen molar-refractivity contribution < 1.29 is 24.1 Å². The van der Waals surface area contributed by atoms with E-state index in [9.17, 15) is 9.90 Å². The molecule has 1 fully saturated rings. The summed E-state index contributed by atoms with van der Waals surface area (Å²) >= 11 is 0. The van der Waals surface area contributed by atoms with E-state index in [1.807, 2.05) is 36.0 Å². The molecule has 3 aromatic heterocycles. The van der Waals surface area contributed by atoms with Crippen LogP contribution in [0.5, 0.6) is 5.75 Å². The number of aryl methyl sites for hydroxylation is 1. The summed E-state index contributed by atoms with van der Waals surface area (Å²) < 4.78 is 19.1. The van der Waals surface area contributed by atoms with Gasteiger partial charge in [-0.05, 0) is 6.07 Å². The van der Waals surface area contributed by atoms with Crippen LogP contribution < -0.4 is 10.1 Å². The maximum atomic E-state index is 11.5. The maximum Gasteiger partial charge on any atom is 0.222 e. The van der Waals surface area contributed by atoms with E-state index in [1.165, 1.54) is 6.92 Å². The second-order valence-corrected chi connectivity index (χ2v) is 7.57. The zero-order chi connectivity index (χ0) is 22.0. The Bertz CT molecular complexity index is 1100.